The molecule has 110 valence electrons. The fraction of sp³-hybridized carbons (Fsp3) is 0.188. The standard InChI is InChI=1S/C16H17FN2O2/c1-11(21-10-12-5-3-2-4-6-12)16(20)19-15-8-7-13(17)9-14(15)18/h2-9,11H,10,18H2,1H3,(H,19,20). The monoisotopic (exact) mass is 288 g/mol. The summed E-state index contributed by atoms with van der Waals surface area (Å²) in [5, 5.41) is 2.62. The Bertz CT molecular complexity index is 617. The van der Waals surface area contributed by atoms with Crippen LogP contribution < -0.4 is 11.1 Å². The number of nitrogens with one attached hydrogen (secondary N) is 1. The van der Waals surface area contributed by atoms with E-state index in [1.807, 2.05) is 30.3 Å². The number of benzene rings is 2. The van der Waals surface area contributed by atoms with Crippen LogP contribution in [0.15, 0.2) is 48.5 Å². The summed E-state index contributed by atoms with van der Waals surface area (Å²) >= 11 is 0. The molecule has 0 spiro atoms. The Hall–Kier alpha value is -2.40. The molecule has 0 radical (unpaired) electrons. The zero-order valence-corrected chi connectivity index (χ0v) is 11.7. The molecule has 1 atom stereocenters. The Kier molecular flexibility index (Phi) is 4.90. The second kappa shape index (κ2) is 6.85. The Balaban J connectivity index is 1.90. The second-order valence-electron chi connectivity index (χ2n) is 4.66. The predicted octanol–water partition coefficient (Wildman–Crippen LogP) is 2.95. The van der Waals surface area contributed by atoms with Crippen LogP contribution in [0.3, 0.4) is 0 Å². The molecule has 0 saturated carbocycles. The molecule has 1 amide bonds. The van der Waals surface area contributed by atoms with Crippen LogP contribution in [0.1, 0.15) is 12.5 Å². The van der Waals surface area contributed by atoms with Crippen molar-refractivity contribution in [3.8, 4) is 0 Å². The average Bonchev–Trinajstić information content (AvgIpc) is 2.48. The first-order valence-corrected chi connectivity index (χ1v) is 6.57. The number of rotatable bonds is 5. The number of carbonyl (C=O) groups excluding carboxylic acids is 1. The first-order chi connectivity index (χ1) is 10.1. The molecule has 3 N–H and O–H groups in total. The van der Waals surface area contributed by atoms with Gasteiger partial charge in [-0.15, -0.1) is 0 Å². The Morgan fingerprint density at radius 3 is 2.67 bits per heavy atom. The van der Waals surface area contributed by atoms with E-state index in [-0.39, 0.29) is 11.6 Å². The van der Waals surface area contributed by atoms with E-state index in [1.165, 1.54) is 12.1 Å². The normalized spacial score (nSPS) is 11.9. The number of amides is 1. The molecule has 0 saturated heterocycles. The van der Waals surface area contributed by atoms with Crippen LogP contribution in [0.4, 0.5) is 15.8 Å². The molecule has 5 heteroatoms. The fourth-order valence-corrected chi connectivity index (χ4v) is 1.75. The molecule has 0 bridgehead atoms. The summed E-state index contributed by atoms with van der Waals surface area (Å²) in [6, 6.07) is 13.4. The van der Waals surface area contributed by atoms with Crippen molar-refractivity contribution in [2.24, 2.45) is 0 Å². The van der Waals surface area contributed by atoms with Crippen molar-refractivity contribution >= 4 is 17.3 Å². The molecule has 4 nitrogen and oxygen atoms in total. The Morgan fingerprint density at radius 1 is 1.29 bits per heavy atom. The minimum Gasteiger partial charge on any atom is -0.397 e. The van der Waals surface area contributed by atoms with Crippen LogP contribution in [0.5, 0.6) is 0 Å². The fourth-order valence-electron chi connectivity index (χ4n) is 1.75. The van der Waals surface area contributed by atoms with Crippen molar-refractivity contribution in [3.63, 3.8) is 0 Å². The first kappa shape index (κ1) is 15.0. The smallest absolute Gasteiger partial charge is 0.253 e. The molecule has 2 aromatic carbocycles. The quantitative estimate of drug-likeness (QED) is 0.831. The number of anilines is 2. The average molecular weight is 288 g/mol. The summed E-state index contributed by atoms with van der Waals surface area (Å²) in [4.78, 5) is 12.0. The van der Waals surface area contributed by atoms with Crippen molar-refractivity contribution in [1.82, 2.24) is 0 Å². The lowest BCUT2D eigenvalue weighted by molar-refractivity contribution is -0.127. The largest absolute Gasteiger partial charge is 0.397 e. The number of hydrogen-bond donors (Lipinski definition) is 2. The summed E-state index contributed by atoms with van der Waals surface area (Å²) in [6.07, 6.45) is -0.644. The number of nitrogen functional groups attached to an aromatic ring is 1. The van der Waals surface area contributed by atoms with Gasteiger partial charge in [-0.1, -0.05) is 30.3 Å². The van der Waals surface area contributed by atoms with Crippen molar-refractivity contribution in [2.75, 3.05) is 11.1 Å². The third-order valence-electron chi connectivity index (χ3n) is 2.98. The molecule has 0 fully saturated rings. The van der Waals surface area contributed by atoms with E-state index >= 15 is 0 Å². The maximum atomic E-state index is 12.9. The van der Waals surface area contributed by atoms with E-state index in [0.29, 0.717) is 12.3 Å². The van der Waals surface area contributed by atoms with Gasteiger partial charge in [-0.2, -0.15) is 0 Å². The van der Waals surface area contributed by atoms with Gasteiger partial charge in [-0.3, -0.25) is 4.79 Å². The number of hydrogen-bond acceptors (Lipinski definition) is 3. The van der Waals surface area contributed by atoms with Crippen molar-refractivity contribution in [2.45, 2.75) is 19.6 Å². The van der Waals surface area contributed by atoms with E-state index in [0.717, 1.165) is 11.6 Å². The molecule has 0 aliphatic carbocycles. The van der Waals surface area contributed by atoms with Gasteiger partial charge in [-0.05, 0) is 30.7 Å². The summed E-state index contributed by atoms with van der Waals surface area (Å²) < 4.78 is 18.4. The molecular weight excluding hydrogens is 271 g/mol. The minimum atomic E-state index is -0.644. The zero-order valence-electron chi connectivity index (χ0n) is 11.7. The molecule has 2 rings (SSSR count). The van der Waals surface area contributed by atoms with E-state index in [2.05, 4.69) is 5.32 Å². The summed E-state index contributed by atoms with van der Waals surface area (Å²) in [6.45, 7) is 1.99. The van der Waals surface area contributed by atoms with Crippen molar-refractivity contribution < 1.29 is 13.9 Å². The van der Waals surface area contributed by atoms with Crippen molar-refractivity contribution in [3.05, 3.63) is 59.9 Å². The Labute approximate surface area is 122 Å². The summed E-state index contributed by atoms with van der Waals surface area (Å²) in [5.41, 5.74) is 7.18. The third kappa shape index (κ3) is 4.29. The van der Waals surface area contributed by atoms with Gasteiger partial charge in [0.1, 0.15) is 11.9 Å². The molecule has 0 aromatic heterocycles. The van der Waals surface area contributed by atoms with Crippen molar-refractivity contribution in [1.29, 1.82) is 0 Å². The molecule has 0 heterocycles. The van der Waals surface area contributed by atoms with Crippen LogP contribution in [-0.4, -0.2) is 12.0 Å². The lowest BCUT2D eigenvalue weighted by Crippen LogP contribution is -2.28. The van der Waals surface area contributed by atoms with E-state index in [4.69, 9.17) is 10.5 Å². The van der Waals surface area contributed by atoms with Gasteiger partial charge in [-0.25, -0.2) is 4.39 Å². The summed E-state index contributed by atoms with van der Waals surface area (Å²) in [5.74, 6) is -0.775. The minimum absolute atomic E-state index is 0.179. The van der Waals surface area contributed by atoms with Crippen LogP contribution in [0, 0.1) is 5.82 Å². The number of carbonyl (C=O) groups is 1. The van der Waals surface area contributed by atoms with Crippen LogP contribution in [0.25, 0.3) is 0 Å². The van der Waals surface area contributed by atoms with Gasteiger partial charge in [0.15, 0.2) is 0 Å². The summed E-state index contributed by atoms with van der Waals surface area (Å²) in [7, 11) is 0. The van der Waals surface area contributed by atoms with Gasteiger partial charge in [0.2, 0.25) is 0 Å². The number of nitrogens with two attached hydrogens (primary N) is 1. The zero-order chi connectivity index (χ0) is 15.2. The first-order valence-electron chi connectivity index (χ1n) is 6.57. The van der Waals surface area contributed by atoms with Crippen LogP contribution in [-0.2, 0) is 16.1 Å². The maximum absolute atomic E-state index is 12.9. The highest BCUT2D eigenvalue weighted by molar-refractivity contribution is 5.96. The lowest BCUT2D eigenvalue weighted by atomic mass is 10.2. The Morgan fingerprint density at radius 2 is 2.00 bits per heavy atom. The van der Waals surface area contributed by atoms with Gasteiger partial charge >= 0.3 is 0 Å². The highest BCUT2D eigenvalue weighted by atomic mass is 19.1. The maximum Gasteiger partial charge on any atom is 0.253 e. The number of halogens is 1. The van der Waals surface area contributed by atoms with Gasteiger partial charge in [0.25, 0.3) is 5.91 Å². The molecule has 0 aliphatic rings. The highest BCUT2D eigenvalue weighted by Crippen LogP contribution is 2.19. The van der Waals surface area contributed by atoms with Gasteiger partial charge < -0.3 is 15.8 Å². The SMILES string of the molecule is CC(OCc1ccccc1)C(=O)Nc1ccc(F)cc1N. The molecule has 21 heavy (non-hydrogen) atoms. The lowest BCUT2D eigenvalue weighted by Gasteiger charge is -2.14. The predicted molar refractivity (Wildman–Crippen MR) is 80.1 cm³/mol. The van der Waals surface area contributed by atoms with E-state index in [1.54, 1.807) is 6.92 Å². The molecule has 2 aromatic rings. The topological polar surface area (TPSA) is 64.3 Å². The molecule has 1 unspecified atom stereocenters. The van der Waals surface area contributed by atoms with Crippen LogP contribution >= 0.6 is 0 Å². The molecular formula is C16H17FN2O2. The van der Waals surface area contributed by atoms with E-state index in [9.17, 15) is 9.18 Å². The molecule has 0 aliphatic heterocycles. The number of ether oxygens (including phenoxy) is 1. The van der Waals surface area contributed by atoms with Crippen LogP contribution in [0.2, 0.25) is 0 Å². The third-order valence-corrected chi connectivity index (χ3v) is 2.98. The highest BCUT2D eigenvalue weighted by Gasteiger charge is 2.15. The van der Waals surface area contributed by atoms with E-state index < -0.39 is 11.9 Å². The van der Waals surface area contributed by atoms with Gasteiger partial charge in [0.05, 0.1) is 18.0 Å². The van der Waals surface area contributed by atoms with Gasteiger partial charge in [0, 0.05) is 0 Å². The second-order valence-corrected chi connectivity index (χ2v) is 4.66.